The number of hydrogen-bond acceptors (Lipinski definition) is 6. The van der Waals surface area contributed by atoms with Crippen LogP contribution in [0.5, 0.6) is 0 Å². The van der Waals surface area contributed by atoms with Crippen molar-refractivity contribution in [2.24, 2.45) is 5.92 Å². The third kappa shape index (κ3) is 8.51. The van der Waals surface area contributed by atoms with Gasteiger partial charge in [-0.1, -0.05) is 49.7 Å². The number of hydrogen-bond donors (Lipinski definition) is 2. The highest BCUT2D eigenvalue weighted by molar-refractivity contribution is 8.10. The highest BCUT2D eigenvalue weighted by Gasteiger charge is 2.28. The van der Waals surface area contributed by atoms with E-state index < -0.39 is 0 Å². The van der Waals surface area contributed by atoms with Crippen LogP contribution >= 0.6 is 11.8 Å². The average molecular weight is 495 g/mol. The number of allylic oxidation sites excluding steroid dienone is 1. The molecule has 1 saturated heterocycles. The van der Waals surface area contributed by atoms with Crippen molar-refractivity contribution in [3.05, 3.63) is 65.8 Å². The summed E-state index contributed by atoms with van der Waals surface area (Å²) in [4.78, 5) is 24.0. The highest BCUT2D eigenvalue weighted by Crippen LogP contribution is 2.28. The Labute approximate surface area is 214 Å². The number of aliphatic hydroxyl groups is 1. The van der Waals surface area contributed by atoms with Gasteiger partial charge in [-0.3, -0.25) is 4.79 Å². The van der Waals surface area contributed by atoms with Gasteiger partial charge in [-0.05, 0) is 74.8 Å². The molecule has 7 heteroatoms. The molecule has 0 radical (unpaired) electrons. The van der Waals surface area contributed by atoms with Crippen LogP contribution in [0.3, 0.4) is 0 Å². The van der Waals surface area contributed by atoms with E-state index in [1.165, 1.54) is 19.3 Å². The van der Waals surface area contributed by atoms with Crippen molar-refractivity contribution in [2.75, 3.05) is 18.4 Å². The van der Waals surface area contributed by atoms with Gasteiger partial charge in [-0.25, -0.2) is 9.97 Å². The van der Waals surface area contributed by atoms with E-state index >= 15 is 0 Å². The fourth-order valence-electron chi connectivity index (χ4n) is 4.44. The molecule has 0 unspecified atom stereocenters. The van der Waals surface area contributed by atoms with Gasteiger partial charge < -0.3 is 15.3 Å². The maximum absolute atomic E-state index is 12.1. The van der Waals surface area contributed by atoms with Gasteiger partial charge in [0.05, 0.1) is 11.8 Å². The van der Waals surface area contributed by atoms with Crippen molar-refractivity contribution in [3.8, 4) is 0 Å². The number of carbonyl (C=O) groups excluding carboxylic acids is 1. The van der Waals surface area contributed by atoms with E-state index in [9.17, 15) is 9.90 Å². The Balaban J connectivity index is 0.000000203. The van der Waals surface area contributed by atoms with Crippen LogP contribution in [-0.4, -0.2) is 45.1 Å². The van der Waals surface area contributed by atoms with E-state index in [1.54, 1.807) is 23.4 Å². The van der Waals surface area contributed by atoms with Crippen molar-refractivity contribution in [1.82, 2.24) is 14.9 Å². The Hall–Kier alpha value is -2.64. The fraction of sp³-hybridized carbons (Fsp3) is 0.464. The highest BCUT2D eigenvalue weighted by atomic mass is 32.2. The number of carbonyl (C=O) groups is 1. The quantitative estimate of drug-likeness (QED) is 0.489. The number of thioether (sulfide) groups is 1. The minimum absolute atomic E-state index is 0.180. The van der Waals surface area contributed by atoms with Crippen molar-refractivity contribution >= 4 is 34.2 Å². The molecule has 0 aromatic carbocycles. The summed E-state index contributed by atoms with van der Waals surface area (Å²) in [6.45, 7) is 9.30. The molecule has 2 N–H and O–H groups in total. The molecule has 6 nitrogen and oxygen atoms in total. The number of likely N-dealkylation sites (tertiary alicyclic amines) is 1. The number of amides is 1. The van der Waals surface area contributed by atoms with E-state index in [4.69, 9.17) is 0 Å². The minimum atomic E-state index is -0.180. The molecule has 3 heterocycles. The lowest BCUT2D eigenvalue weighted by Gasteiger charge is -2.33. The lowest BCUT2D eigenvalue weighted by atomic mass is 9.88. The molecule has 2 aromatic rings. The Morgan fingerprint density at radius 1 is 1.14 bits per heavy atom. The van der Waals surface area contributed by atoms with Crippen LogP contribution in [0.4, 0.5) is 11.6 Å². The molecule has 1 aliphatic carbocycles. The van der Waals surface area contributed by atoms with Crippen molar-refractivity contribution in [2.45, 2.75) is 64.9 Å². The SMILES string of the molecule is C=CS/C(=C\C)c1cccc(Nc2cc(C)ccn2)n1.O=C(C1CCCCC1)N1CCC(O)CC1. The first-order valence-electron chi connectivity index (χ1n) is 12.6. The summed E-state index contributed by atoms with van der Waals surface area (Å²) in [7, 11) is 0. The van der Waals surface area contributed by atoms with Crippen LogP contribution in [-0.2, 0) is 4.79 Å². The summed E-state index contributed by atoms with van der Waals surface area (Å²) in [5.41, 5.74) is 2.09. The van der Waals surface area contributed by atoms with Gasteiger partial charge in [0, 0.05) is 30.1 Å². The minimum Gasteiger partial charge on any atom is -0.393 e. The van der Waals surface area contributed by atoms with E-state index in [2.05, 4.69) is 21.9 Å². The summed E-state index contributed by atoms with van der Waals surface area (Å²) in [5.74, 6) is 2.22. The molecule has 1 aliphatic heterocycles. The largest absolute Gasteiger partial charge is 0.393 e. The van der Waals surface area contributed by atoms with Crippen molar-refractivity contribution in [3.63, 3.8) is 0 Å². The molecule has 2 aromatic heterocycles. The maximum Gasteiger partial charge on any atom is 0.225 e. The predicted molar refractivity (Wildman–Crippen MR) is 146 cm³/mol. The second-order valence-corrected chi connectivity index (χ2v) is 10.1. The Kier molecular flexibility index (Phi) is 10.8. The summed E-state index contributed by atoms with van der Waals surface area (Å²) >= 11 is 1.57. The fourth-order valence-corrected chi connectivity index (χ4v) is 4.99. The van der Waals surface area contributed by atoms with Gasteiger partial charge in [-0.2, -0.15) is 0 Å². The number of aliphatic hydroxyl groups excluding tert-OH is 1. The zero-order valence-corrected chi connectivity index (χ0v) is 21.8. The number of piperidine rings is 1. The van der Waals surface area contributed by atoms with Gasteiger partial charge in [-0.15, -0.1) is 0 Å². The summed E-state index contributed by atoms with van der Waals surface area (Å²) in [6, 6.07) is 9.85. The third-order valence-corrected chi connectivity index (χ3v) is 7.24. The second-order valence-electron chi connectivity index (χ2n) is 9.08. The maximum atomic E-state index is 12.1. The van der Waals surface area contributed by atoms with Crippen LogP contribution < -0.4 is 5.32 Å². The number of nitrogens with zero attached hydrogens (tertiary/aromatic N) is 3. The van der Waals surface area contributed by atoms with Crippen LogP contribution in [0.15, 0.2) is 54.6 Å². The van der Waals surface area contributed by atoms with Gasteiger partial charge in [0.1, 0.15) is 11.6 Å². The number of nitrogens with one attached hydrogen (secondary N) is 1. The van der Waals surface area contributed by atoms with E-state index in [1.807, 2.05) is 55.2 Å². The van der Waals surface area contributed by atoms with Crippen LogP contribution in [0, 0.1) is 12.8 Å². The van der Waals surface area contributed by atoms with Crippen LogP contribution in [0.25, 0.3) is 4.91 Å². The van der Waals surface area contributed by atoms with E-state index in [-0.39, 0.29) is 12.0 Å². The first-order chi connectivity index (χ1) is 17.0. The van der Waals surface area contributed by atoms with Gasteiger partial charge in [0.25, 0.3) is 0 Å². The summed E-state index contributed by atoms with van der Waals surface area (Å²) < 4.78 is 0. The zero-order chi connectivity index (χ0) is 25.0. The molecule has 188 valence electrons. The zero-order valence-electron chi connectivity index (χ0n) is 20.9. The third-order valence-electron chi connectivity index (χ3n) is 6.38. The molecule has 1 saturated carbocycles. The molecule has 2 fully saturated rings. The number of aromatic nitrogens is 2. The van der Waals surface area contributed by atoms with E-state index in [0.29, 0.717) is 5.91 Å². The molecule has 35 heavy (non-hydrogen) atoms. The number of pyridine rings is 2. The smallest absolute Gasteiger partial charge is 0.225 e. The van der Waals surface area contributed by atoms with E-state index in [0.717, 1.165) is 66.6 Å². The summed E-state index contributed by atoms with van der Waals surface area (Å²) in [5, 5.41) is 14.4. The van der Waals surface area contributed by atoms with Crippen molar-refractivity contribution < 1.29 is 9.90 Å². The molecule has 0 spiro atoms. The molecule has 4 rings (SSSR count). The first kappa shape index (κ1) is 27.0. The molecule has 0 atom stereocenters. The van der Waals surface area contributed by atoms with Gasteiger partial charge in [0.15, 0.2) is 0 Å². The molecule has 2 aliphatic rings. The molecular formula is C28H38N4O2S. The topological polar surface area (TPSA) is 78.4 Å². The number of aryl methyl sites for hydroxylation is 1. The van der Waals surface area contributed by atoms with Crippen LogP contribution in [0.1, 0.15) is 63.1 Å². The van der Waals surface area contributed by atoms with Gasteiger partial charge >= 0.3 is 0 Å². The lowest BCUT2D eigenvalue weighted by molar-refractivity contribution is -0.138. The molecular weight excluding hydrogens is 456 g/mol. The normalized spacial score (nSPS) is 17.3. The second kappa shape index (κ2) is 14.0. The molecule has 1 amide bonds. The van der Waals surface area contributed by atoms with Crippen molar-refractivity contribution in [1.29, 1.82) is 0 Å². The number of anilines is 2. The Morgan fingerprint density at radius 2 is 1.89 bits per heavy atom. The Bertz CT molecular complexity index is 996. The predicted octanol–water partition coefficient (Wildman–Crippen LogP) is 6.32. The first-order valence-corrected chi connectivity index (χ1v) is 13.5. The molecule has 0 bridgehead atoms. The summed E-state index contributed by atoms with van der Waals surface area (Å²) in [6.07, 6.45) is 11.0. The average Bonchev–Trinajstić information content (AvgIpc) is 2.88. The monoisotopic (exact) mass is 494 g/mol. The Morgan fingerprint density at radius 3 is 2.54 bits per heavy atom. The standard InChI is InChI=1S/C16H17N3S.C12H21NO2/c1-4-14(20-5-2)13-7-6-8-15(18-13)19-16-11-12(3)9-10-17-16;14-11-6-8-13(9-7-11)12(15)10-4-2-1-3-5-10/h4-11H,2H2,1,3H3,(H,17,18,19);10-11,14H,1-9H2/b14-4-;. The van der Waals surface area contributed by atoms with Gasteiger partial charge in [0.2, 0.25) is 5.91 Å². The number of rotatable bonds is 6. The van der Waals surface area contributed by atoms with Crippen LogP contribution in [0.2, 0.25) is 0 Å². The lowest BCUT2D eigenvalue weighted by Crippen LogP contribution is -2.43.